The molecule has 1 heterocycles. The zero-order valence-corrected chi connectivity index (χ0v) is 17.4. The highest BCUT2D eigenvalue weighted by Gasteiger charge is 2.29. The van der Waals surface area contributed by atoms with Crippen LogP contribution in [0.25, 0.3) is 0 Å². The minimum absolute atomic E-state index is 0.0456. The van der Waals surface area contributed by atoms with Crippen molar-refractivity contribution in [2.45, 2.75) is 18.2 Å². The van der Waals surface area contributed by atoms with Gasteiger partial charge in [-0.1, -0.05) is 6.92 Å². The van der Waals surface area contributed by atoms with Crippen LogP contribution >= 0.6 is 0 Å². The molecule has 9 heteroatoms. The van der Waals surface area contributed by atoms with E-state index in [0.29, 0.717) is 30.4 Å². The van der Waals surface area contributed by atoms with E-state index in [4.69, 9.17) is 9.88 Å². The van der Waals surface area contributed by atoms with E-state index in [-0.39, 0.29) is 16.2 Å². The Labute approximate surface area is 170 Å². The quantitative estimate of drug-likeness (QED) is 0.740. The number of nitrogens with zero attached hydrogens (tertiary/aromatic N) is 2. The molecule has 1 aliphatic rings. The third-order valence-electron chi connectivity index (χ3n) is 4.93. The van der Waals surface area contributed by atoms with Gasteiger partial charge in [-0.3, -0.25) is 0 Å². The van der Waals surface area contributed by atoms with Gasteiger partial charge in [0.1, 0.15) is 10.6 Å². The maximum Gasteiger partial charge on any atom is 0.335 e. The fourth-order valence-corrected chi connectivity index (χ4v) is 4.04. The Morgan fingerprint density at radius 1 is 1.24 bits per heavy atom. The molecule has 3 rings (SSSR count). The summed E-state index contributed by atoms with van der Waals surface area (Å²) in [6.07, 6.45) is 0.916. The number of anilines is 2. The Morgan fingerprint density at radius 3 is 2.38 bits per heavy atom. The maximum atomic E-state index is 12.3. The molecule has 2 aromatic rings. The highest BCUT2D eigenvalue weighted by molar-refractivity contribution is 7.89. The van der Waals surface area contributed by atoms with Crippen molar-refractivity contribution in [3.63, 3.8) is 0 Å². The molecule has 8 nitrogen and oxygen atoms in total. The second-order valence-corrected chi connectivity index (χ2v) is 9.03. The van der Waals surface area contributed by atoms with Gasteiger partial charge < -0.3 is 19.6 Å². The zero-order chi connectivity index (χ0) is 21.3. The number of hydrogen-bond acceptors (Lipinski definition) is 6. The molecule has 3 N–H and O–H groups in total. The highest BCUT2D eigenvalue weighted by Crippen LogP contribution is 2.41. The van der Waals surface area contributed by atoms with Crippen LogP contribution in [0.5, 0.6) is 11.5 Å². The van der Waals surface area contributed by atoms with Gasteiger partial charge >= 0.3 is 5.97 Å². The van der Waals surface area contributed by atoms with Crippen molar-refractivity contribution in [1.29, 1.82) is 0 Å². The number of rotatable bonds is 6. The van der Waals surface area contributed by atoms with Gasteiger partial charge in [0.2, 0.25) is 10.0 Å². The van der Waals surface area contributed by atoms with Crippen molar-refractivity contribution in [3.05, 3.63) is 42.0 Å². The topological polar surface area (TPSA) is 113 Å². The van der Waals surface area contributed by atoms with E-state index in [1.807, 2.05) is 36.0 Å². The Balaban J connectivity index is 2.14. The van der Waals surface area contributed by atoms with Crippen LogP contribution in [0, 0.1) is 5.92 Å². The van der Waals surface area contributed by atoms with Crippen LogP contribution in [0.2, 0.25) is 0 Å². The first-order chi connectivity index (χ1) is 13.6. The van der Waals surface area contributed by atoms with Crippen molar-refractivity contribution in [2.24, 2.45) is 11.1 Å². The molecule has 1 aliphatic heterocycles. The van der Waals surface area contributed by atoms with E-state index in [0.717, 1.165) is 18.2 Å². The van der Waals surface area contributed by atoms with Crippen molar-refractivity contribution in [3.8, 4) is 11.5 Å². The lowest BCUT2D eigenvalue weighted by atomic mass is 10.1. The van der Waals surface area contributed by atoms with Crippen LogP contribution in [-0.4, -0.2) is 46.7 Å². The van der Waals surface area contributed by atoms with E-state index in [2.05, 4.69) is 6.92 Å². The van der Waals surface area contributed by atoms with Gasteiger partial charge in [-0.15, -0.1) is 0 Å². The lowest BCUT2D eigenvalue weighted by Gasteiger charge is -2.24. The number of hydrogen-bond donors (Lipinski definition) is 2. The SMILES string of the molecule is CC1CCN(c2cc(C(=O)O)cc(S(N)(=O)=O)c2Oc2ccc(N(C)C)cc2)C1. The lowest BCUT2D eigenvalue weighted by molar-refractivity contribution is 0.0696. The molecular formula is C20H25N3O5S. The van der Waals surface area contributed by atoms with Crippen molar-refractivity contribution in [1.82, 2.24) is 0 Å². The summed E-state index contributed by atoms with van der Waals surface area (Å²) in [5.74, 6) is -0.361. The fraction of sp³-hybridized carbons (Fsp3) is 0.350. The van der Waals surface area contributed by atoms with E-state index in [9.17, 15) is 18.3 Å². The van der Waals surface area contributed by atoms with Gasteiger partial charge in [0.15, 0.2) is 5.75 Å². The van der Waals surface area contributed by atoms with Crippen LogP contribution in [0.4, 0.5) is 11.4 Å². The molecule has 156 valence electrons. The standard InChI is InChI=1S/C20H25N3O5S/c1-13-8-9-23(12-13)17-10-14(20(24)25)11-18(29(21,26)27)19(17)28-16-6-4-15(5-7-16)22(2)3/h4-7,10-11,13H,8-9,12H2,1-3H3,(H,24,25)(H2,21,26,27). The molecule has 1 atom stereocenters. The molecule has 0 amide bonds. The highest BCUT2D eigenvalue weighted by atomic mass is 32.2. The van der Waals surface area contributed by atoms with Gasteiger partial charge in [-0.2, -0.15) is 0 Å². The number of nitrogens with two attached hydrogens (primary N) is 1. The van der Waals surface area contributed by atoms with Gasteiger partial charge in [0.25, 0.3) is 0 Å². The molecule has 0 spiro atoms. The summed E-state index contributed by atoms with van der Waals surface area (Å²) < 4.78 is 30.5. The molecule has 2 aromatic carbocycles. The molecule has 0 aliphatic carbocycles. The van der Waals surface area contributed by atoms with Crippen LogP contribution < -0.4 is 19.7 Å². The summed E-state index contributed by atoms with van der Waals surface area (Å²) >= 11 is 0. The van der Waals surface area contributed by atoms with Crippen molar-refractivity contribution >= 4 is 27.4 Å². The summed E-state index contributed by atoms with van der Waals surface area (Å²) in [6.45, 7) is 3.43. The van der Waals surface area contributed by atoms with Crippen LogP contribution in [0.3, 0.4) is 0 Å². The number of sulfonamides is 1. The normalized spacial score (nSPS) is 16.7. The van der Waals surface area contributed by atoms with Crippen LogP contribution in [-0.2, 0) is 10.0 Å². The molecular weight excluding hydrogens is 394 g/mol. The van der Waals surface area contributed by atoms with Crippen LogP contribution in [0.1, 0.15) is 23.7 Å². The molecule has 1 saturated heterocycles. The Hall–Kier alpha value is -2.78. The summed E-state index contributed by atoms with van der Waals surface area (Å²) in [5, 5.41) is 14.9. The molecule has 0 aromatic heterocycles. The average Bonchev–Trinajstić information content (AvgIpc) is 3.07. The monoisotopic (exact) mass is 419 g/mol. The Morgan fingerprint density at radius 2 is 1.90 bits per heavy atom. The second-order valence-electron chi connectivity index (χ2n) is 7.50. The maximum absolute atomic E-state index is 12.3. The van der Waals surface area contributed by atoms with E-state index in [1.165, 1.54) is 6.07 Å². The summed E-state index contributed by atoms with van der Waals surface area (Å²) in [7, 11) is -0.402. The number of primary sulfonamides is 1. The predicted molar refractivity (Wildman–Crippen MR) is 112 cm³/mol. The van der Waals surface area contributed by atoms with Gasteiger partial charge in [0.05, 0.1) is 11.3 Å². The Bertz CT molecular complexity index is 1020. The second kappa shape index (κ2) is 7.92. The van der Waals surface area contributed by atoms with Gasteiger partial charge in [0, 0.05) is 32.9 Å². The number of carboxylic acid groups (broad SMARTS) is 1. The number of carboxylic acids is 1. The van der Waals surface area contributed by atoms with E-state index in [1.54, 1.807) is 12.1 Å². The smallest absolute Gasteiger partial charge is 0.335 e. The van der Waals surface area contributed by atoms with E-state index < -0.39 is 16.0 Å². The molecule has 1 unspecified atom stereocenters. The van der Waals surface area contributed by atoms with Crippen LogP contribution in [0.15, 0.2) is 41.3 Å². The third kappa shape index (κ3) is 4.63. The fourth-order valence-electron chi connectivity index (χ4n) is 3.34. The number of ether oxygens (including phenoxy) is 1. The number of benzene rings is 2. The largest absolute Gasteiger partial charge is 0.478 e. The van der Waals surface area contributed by atoms with E-state index >= 15 is 0 Å². The summed E-state index contributed by atoms with van der Waals surface area (Å²) in [4.78, 5) is 15.1. The minimum Gasteiger partial charge on any atom is -0.478 e. The zero-order valence-electron chi connectivity index (χ0n) is 16.6. The van der Waals surface area contributed by atoms with Gasteiger partial charge in [-0.25, -0.2) is 18.4 Å². The first kappa shape index (κ1) is 20.9. The first-order valence-corrected chi connectivity index (χ1v) is 10.7. The molecule has 0 radical (unpaired) electrons. The molecule has 1 fully saturated rings. The molecule has 0 bridgehead atoms. The average molecular weight is 420 g/mol. The van der Waals surface area contributed by atoms with Crippen molar-refractivity contribution < 1.29 is 23.1 Å². The molecule has 29 heavy (non-hydrogen) atoms. The number of aromatic carboxylic acids is 1. The number of carbonyl (C=O) groups is 1. The third-order valence-corrected chi connectivity index (χ3v) is 5.84. The summed E-state index contributed by atoms with van der Waals surface area (Å²) in [6, 6.07) is 9.63. The Kier molecular flexibility index (Phi) is 5.72. The predicted octanol–water partition coefficient (Wildman–Crippen LogP) is 2.74. The van der Waals surface area contributed by atoms with Gasteiger partial charge in [-0.05, 0) is 48.7 Å². The molecule has 0 saturated carbocycles. The minimum atomic E-state index is -4.22. The summed E-state index contributed by atoms with van der Waals surface area (Å²) in [5.41, 5.74) is 1.22. The lowest BCUT2D eigenvalue weighted by Crippen LogP contribution is -2.22. The first-order valence-electron chi connectivity index (χ1n) is 9.20. The van der Waals surface area contributed by atoms with Crippen molar-refractivity contribution in [2.75, 3.05) is 37.0 Å².